The van der Waals surface area contributed by atoms with Crippen molar-refractivity contribution in [2.24, 2.45) is 5.92 Å². The molecule has 1 aliphatic carbocycles. The molecule has 1 saturated carbocycles. The van der Waals surface area contributed by atoms with Crippen molar-refractivity contribution in [3.05, 3.63) is 0 Å². The van der Waals surface area contributed by atoms with E-state index in [0.717, 1.165) is 25.0 Å². The predicted molar refractivity (Wildman–Crippen MR) is 55.2 cm³/mol. The Hall–Kier alpha value is -0.370. The maximum atomic E-state index is 10.8. The highest BCUT2D eigenvalue weighted by atomic mass is 16.5. The summed E-state index contributed by atoms with van der Waals surface area (Å²) >= 11 is 0. The van der Waals surface area contributed by atoms with Crippen LogP contribution in [-0.2, 0) is 9.53 Å². The Morgan fingerprint density at radius 3 is 2.50 bits per heavy atom. The van der Waals surface area contributed by atoms with E-state index >= 15 is 0 Å². The number of ether oxygens (including phenoxy) is 1. The third kappa shape index (κ3) is 2.00. The molecule has 1 aliphatic heterocycles. The molecule has 2 nitrogen and oxygen atoms in total. The van der Waals surface area contributed by atoms with Gasteiger partial charge in [0.1, 0.15) is 5.60 Å². The van der Waals surface area contributed by atoms with Gasteiger partial charge in [-0.2, -0.15) is 0 Å². The van der Waals surface area contributed by atoms with Crippen LogP contribution in [0.4, 0.5) is 0 Å². The van der Waals surface area contributed by atoms with Crippen molar-refractivity contribution in [2.75, 3.05) is 0 Å². The lowest BCUT2D eigenvalue weighted by Gasteiger charge is -2.28. The van der Waals surface area contributed by atoms with Crippen LogP contribution in [0.3, 0.4) is 0 Å². The molecule has 0 spiro atoms. The zero-order valence-electron chi connectivity index (χ0n) is 9.00. The zero-order valence-corrected chi connectivity index (χ0v) is 9.00. The van der Waals surface area contributed by atoms with E-state index < -0.39 is 5.60 Å². The van der Waals surface area contributed by atoms with Crippen LogP contribution in [0.1, 0.15) is 51.9 Å². The molecule has 1 heterocycles. The molecule has 1 saturated heterocycles. The molecule has 0 aromatic heterocycles. The molecule has 2 unspecified atom stereocenters. The largest absolute Gasteiger partial charge is 0.364 e. The second-order valence-corrected chi connectivity index (χ2v) is 5.02. The fraction of sp³-hybridized carbons (Fsp3) is 0.917. The number of carbonyl (C=O) groups is 1. The molecule has 2 aliphatic rings. The molecule has 0 aromatic rings. The molecular formula is C12H20O2. The van der Waals surface area contributed by atoms with E-state index in [9.17, 15) is 4.79 Å². The van der Waals surface area contributed by atoms with Crippen LogP contribution in [0.25, 0.3) is 0 Å². The molecule has 0 aromatic carbocycles. The lowest BCUT2D eigenvalue weighted by atomic mass is 9.84. The van der Waals surface area contributed by atoms with Gasteiger partial charge in [-0.05, 0) is 38.5 Å². The van der Waals surface area contributed by atoms with Gasteiger partial charge < -0.3 is 9.53 Å². The number of aldehydes is 1. The normalized spacial score (nSPS) is 39.9. The van der Waals surface area contributed by atoms with Crippen molar-refractivity contribution in [3.63, 3.8) is 0 Å². The van der Waals surface area contributed by atoms with Crippen LogP contribution < -0.4 is 0 Å². The van der Waals surface area contributed by atoms with Gasteiger partial charge in [0.25, 0.3) is 0 Å². The minimum absolute atomic E-state index is 0.366. The average Bonchev–Trinajstić information content (AvgIpc) is 2.63. The van der Waals surface area contributed by atoms with Crippen LogP contribution in [-0.4, -0.2) is 18.0 Å². The van der Waals surface area contributed by atoms with Crippen molar-refractivity contribution in [1.29, 1.82) is 0 Å². The average molecular weight is 196 g/mol. The summed E-state index contributed by atoms with van der Waals surface area (Å²) in [5.41, 5.74) is -0.470. The molecular weight excluding hydrogens is 176 g/mol. The third-order valence-electron chi connectivity index (χ3n) is 3.77. The highest BCUT2D eigenvalue weighted by molar-refractivity contribution is 5.62. The van der Waals surface area contributed by atoms with Gasteiger partial charge >= 0.3 is 0 Å². The van der Waals surface area contributed by atoms with E-state index in [2.05, 4.69) is 0 Å². The van der Waals surface area contributed by atoms with Crippen molar-refractivity contribution in [3.8, 4) is 0 Å². The highest BCUT2D eigenvalue weighted by Gasteiger charge is 2.39. The molecule has 2 rings (SSSR count). The molecule has 2 heteroatoms. The van der Waals surface area contributed by atoms with Crippen LogP contribution in [0.5, 0.6) is 0 Å². The standard InChI is InChI=1S/C12H20O2/c1-12(9-13)8-7-11(14-12)10-5-3-2-4-6-10/h9-11H,2-8H2,1H3. The van der Waals surface area contributed by atoms with Crippen LogP contribution in [0.2, 0.25) is 0 Å². The first-order valence-corrected chi connectivity index (χ1v) is 5.88. The molecule has 2 atom stereocenters. The molecule has 0 amide bonds. The maximum Gasteiger partial charge on any atom is 0.151 e. The smallest absolute Gasteiger partial charge is 0.151 e. The summed E-state index contributed by atoms with van der Waals surface area (Å²) in [5, 5.41) is 0. The summed E-state index contributed by atoms with van der Waals surface area (Å²) in [5.74, 6) is 0.727. The first-order valence-electron chi connectivity index (χ1n) is 5.88. The quantitative estimate of drug-likeness (QED) is 0.635. The molecule has 0 bridgehead atoms. The molecule has 80 valence electrons. The number of hydrogen-bond acceptors (Lipinski definition) is 2. The van der Waals surface area contributed by atoms with E-state index in [0.29, 0.717) is 6.10 Å². The molecule has 0 N–H and O–H groups in total. The van der Waals surface area contributed by atoms with Crippen LogP contribution >= 0.6 is 0 Å². The lowest BCUT2D eigenvalue weighted by Crippen LogP contribution is -2.30. The summed E-state index contributed by atoms with van der Waals surface area (Å²) in [6, 6.07) is 0. The van der Waals surface area contributed by atoms with Crippen molar-refractivity contribution in [2.45, 2.75) is 63.6 Å². The van der Waals surface area contributed by atoms with Crippen molar-refractivity contribution < 1.29 is 9.53 Å². The van der Waals surface area contributed by atoms with Gasteiger partial charge in [0.05, 0.1) is 6.10 Å². The number of hydrogen-bond donors (Lipinski definition) is 0. The predicted octanol–water partition coefficient (Wildman–Crippen LogP) is 2.70. The first-order chi connectivity index (χ1) is 6.73. The van der Waals surface area contributed by atoms with Gasteiger partial charge in [0, 0.05) is 0 Å². The van der Waals surface area contributed by atoms with E-state index in [4.69, 9.17) is 4.74 Å². The number of rotatable bonds is 2. The van der Waals surface area contributed by atoms with Gasteiger partial charge in [0.15, 0.2) is 6.29 Å². The van der Waals surface area contributed by atoms with E-state index in [1.807, 2.05) is 6.92 Å². The Balaban J connectivity index is 1.91. The summed E-state index contributed by atoms with van der Waals surface area (Å²) in [4.78, 5) is 10.8. The SMILES string of the molecule is CC1(C=O)CCC(C2CCCCC2)O1. The van der Waals surface area contributed by atoms with Gasteiger partial charge in [0.2, 0.25) is 0 Å². The molecule has 2 fully saturated rings. The van der Waals surface area contributed by atoms with Gasteiger partial charge in [-0.3, -0.25) is 0 Å². The third-order valence-corrected chi connectivity index (χ3v) is 3.77. The van der Waals surface area contributed by atoms with E-state index in [1.54, 1.807) is 0 Å². The monoisotopic (exact) mass is 196 g/mol. The van der Waals surface area contributed by atoms with Gasteiger partial charge in [-0.25, -0.2) is 0 Å². The highest BCUT2D eigenvalue weighted by Crippen LogP contribution is 2.38. The van der Waals surface area contributed by atoms with Gasteiger partial charge in [-0.1, -0.05) is 19.3 Å². The Morgan fingerprint density at radius 2 is 1.93 bits per heavy atom. The van der Waals surface area contributed by atoms with Crippen molar-refractivity contribution in [1.82, 2.24) is 0 Å². The second-order valence-electron chi connectivity index (χ2n) is 5.02. The van der Waals surface area contributed by atoms with Crippen molar-refractivity contribution >= 4 is 6.29 Å². The maximum absolute atomic E-state index is 10.8. The fourth-order valence-electron chi connectivity index (χ4n) is 2.82. The first kappa shape index (κ1) is 10.2. The Morgan fingerprint density at radius 1 is 1.21 bits per heavy atom. The Bertz CT molecular complexity index is 208. The Kier molecular flexibility index (Phi) is 2.91. The summed E-state index contributed by atoms with van der Waals surface area (Å²) in [6.07, 6.45) is 10.0. The minimum Gasteiger partial charge on any atom is -0.364 e. The summed E-state index contributed by atoms with van der Waals surface area (Å²) < 4.78 is 5.87. The second kappa shape index (κ2) is 4.01. The summed E-state index contributed by atoms with van der Waals surface area (Å²) in [6.45, 7) is 1.92. The molecule has 0 radical (unpaired) electrons. The zero-order chi connectivity index (χ0) is 10.0. The number of carbonyl (C=O) groups excluding carboxylic acids is 1. The van der Waals surface area contributed by atoms with Crippen LogP contribution in [0, 0.1) is 5.92 Å². The van der Waals surface area contributed by atoms with E-state index in [1.165, 1.54) is 32.1 Å². The van der Waals surface area contributed by atoms with E-state index in [-0.39, 0.29) is 0 Å². The van der Waals surface area contributed by atoms with Crippen LogP contribution in [0.15, 0.2) is 0 Å². The Labute approximate surface area is 86.0 Å². The van der Waals surface area contributed by atoms with Gasteiger partial charge in [-0.15, -0.1) is 0 Å². The fourth-order valence-corrected chi connectivity index (χ4v) is 2.82. The minimum atomic E-state index is -0.470. The topological polar surface area (TPSA) is 26.3 Å². The molecule has 14 heavy (non-hydrogen) atoms. The lowest BCUT2D eigenvalue weighted by molar-refractivity contribution is -0.130. The summed E-state index contributed by atoms with van der Waals surface area (Å²) in [7, 11) is 0.